The molecule has 2 aliphatic heterocycles. The lowest BCUT2D eigenvalue weighted by molar-refractivity contribution is 0.0603. The number of rotatable bonds is 3. The van der Waals surface area contributed by atoms with E-state index in [0.717, 1.165) is 5.56 Å². The number of pyridine rings is 1. The number of hydrogen-bond acceptors (Lipinski definition) is 4. The molecule has 3 heterocycles. The summed E-state index contributed by atoms with van der Waals surface area (Å²) in [5.74, 6) is -2.40. The molecule has 156 valence electrons. The van der Waals surface area contributed by atoms with Crippen LogP contribution in [0.25, 0.3) is 0 Å². The summed E-state index contributed by atoms with van der Waals surface area (Å²) in [4.78, 5) is 39.7. The summed E-state index contributed by atoms with van der Waals surface area (Å²) in [5, 5.41) is 13.1. The topological polar surface area (TPSA) is 91.6 Å². The van der Waals surface area contributed by atoms with E-state index in [4.69, 9.17) is 0 Å². The lowest BCUT2D eigenvalue weighted by Crippen LogP contribution is -2.52. The molecule has 2 aliphatic rings. The number of carbonyl (C=O) groups excluding carboxylic acids is 2. The van der Waals surface area contributed by atoms with Gasteiger partial charge in [0.1, 0.15) is 11.4 Å². The van der Waals surface area contributed by atoms with Gasteiger partial charge in [-0.15, -0.1) is 0 Å². The first-order valence-corrected chi connectivity index (χ1v) is 9.68. The predicted molar refractivity (Wildman–Crippen MR) is 108 cm³/mol. The molecule has 2 bridgehead atoms. The predicted octanol–water partition coefficient (Wildman–Crippen LogP) is 2.06. The SMILES string of the molecule is Cc1ccc(CNC(=O)c2cn3c(c(O)c2=O)C(=O)N2CC=CCC3(C)C2)c(F)c1. The molecule has 7 nitrogen and oxygen atoms in total. The molecular formula is C22H22FN3O4. The number of amides is 2. The van der Waals surface area contributed by atoms with Crippen LogP contribution < -0.4 is 10.7 Å². The highest BCUT2D eigenvalue weighted by molar-refractivity contribution is 5.99. The first kappa shape index (κ1) is 19.9. The third-order valence-corrected chi connectivity index (χ3v) is 5.73. The summed E-state index contributed by atoms with van der Waals surface area (Å²) in [6.07, 6.45) is 5.71. The number of carbonyl (C=O) groups is 2. The molecule has 1 aromatic carbocycles. The summed E-state index contributed by atoms with van der Waals surface area (Å²) in [6.45, 7) is 4.34. The van der Waals surface area contributed by atoms with E-state index in [1.54, 1.807) is 24.0 Å². The van der Waals surface area contributed by atoms with Gasteiger partial charge in [-0.05, 0) is 31.9 Å². The molecule has 30 heavy (non-hydrogen) atoms. The summed E-state index contributed by atoms with van der Waals surface area (Å²) < 4.78 is 15.6. The van der Waals surface area contributed by atoms with E-state index >= 15 is 0 Å². The molecule has 0 saturated heterocycles. The van der Waals surface area contributed by atoms with Gasteiger partial charge in [0.2, 0.25) is 5.43 Å². The van der Waals surface area contributed by atoms with Gasteiger partial charge in [0, 0.05) is 31.4 Å². The van der Waals surface area contributed by atoms with Crippen molar-refractivity contribution in [1.29, 1.82) is 0 Å². The van der Waals surface area contributed by atoms with Gasteiger partial charge in [-0.2, -0.15) is 0 Å². The molecule has 0 saturated carbocycles. The van der Waals surface area contributed by atoms with Gasteiger partial charge in [0.05, 0.1) is 5.54 Å². The Bertz CT molecular complexity index is 1150. The van der Waals surface area contributed by atoms with E-state index < -0.39 is 34.3 Å². The molecule has 0 radical (unpaired) electrons. The van der Waals surface area contributed by atoms with Crippen molar-refractivity contribution in [3.8, 4) is 5.75 Å². The zero-order valence-corrected chi connectivity index (χ0v) is 16.7. The van der Waals surface area contributed by atoms with Crippen LogP contribution in [0.4, 0.5) is 4.39 Å². The Kier molecular flexibility index (Phi) is 4.72. The van der Waals surface area contributed by atoms with Crippen LogP contribution in [0.3, 0.4) is 0 Å². The molecule has 1 aromatic heterocycles. The Labute approximate surface area is 172 Å². The van der Waals surface area contributed by atoms with Crippen LogP contribution in [0.1, 0.15) is 45.3 Å². The molecule has 2 N–H and O–H groups in total. The number of fused-ring (bicyclic) bond motifs is 4. The lowest BCUT2D eigenvalue weighted by Gasteiger charge is -2.42. The number of halogens is 1. The minimum atomic E-state index is -0.923. The maximum absolute atomic E-state index is 14.0. The van der Waals surface area contributed by atoms with Crippen LogP contribution in [0.15, 0.2) is 41.3 Å². The Morgan fingerprint density at radius 2 is 2.07 bits per heavy atom. The largest absolute Gasteiger partial charge is 0.503 e. The number of hydrogen-bond donors (Lipinski definition) is 2. The Hall–Kier alpha value is -3.42. The fourth-order valence-electron chi connectivity index (χ4n) is 4.02. The lowest BCUT2D eigenvalue weighted by atomic mass is 9.93. The van der Waals surface area contributed by atoms with Gasteiger partial charge < -0.3 is 19.9 Å². The third-order valence-electron chi connectivity index (χ3n) is 5.73. The molecule has 1 unspecified atom stereocenters. The van der Waals surface area contributed by atoms with Crippen molar-refractivity contribution >= 4 is 11.8 Å². The first-order valence-electron chi connectivity index (χ1n) is 9.68. The van der Waals surface area contributed by atoms with E-state index in [9.17, 15) is 23.9 Å². The Morgan fingerprint density at radius 1 is 1.30 bits per heavy atom. The molecule has 2 aromatic rings. The van der Waals surface area contributed by atoms with Crippen molar-refractivity contribution in [2.75, 3.05) is 13.1 Å². The van der Waals surface area contributed by atoms with Crippen LogP contribution in [0.2, 0.25) is 0 Å². The van der Waals surface area contributed by atoms with Crippen molar-refractivity contribution in [3.63, 3.8) is 0 Å². The minimum Gasteiger partial charge on any atom is -0.503 e. The number of aryl methyl sites for hydroxylation is 1. The quantitative estimate of drug-likeness (QED) is 0.757. The van der Waals surface area contributed by atoms with Crippen LogP contribution in [-0.4, -0.2) is 39.5 Å². The van der Waals surface area contributed by atoms with Crippen molar-refractivity contribution in [3.05, 3.63) is 75.0 Å². The van der Waals surface area contributed by atoms with Gasteiger partial charge in [-0.3, -0.25) is 14.4 Å². The zero-order valence-electron chi connectivity index (χ0n) is 16.7. The average molecular weight is 411 g/mol. The second kappa shape index (κ2) is 7.12. The fraction of sp³-hybridized carbons (Fsp3) is 0.318. The highest BCUT2D eigenvalue weighted by Gasteiger charge is 2.42. The van der Waals surface area contributed by atoms with Crippen LogP contribution in [0, 0.1) is 12.7 Å². The van der Waals surface area contributed by atoms with E-state index in [0.29, 0.717) is 19.5 Å². The van der Waals surface area contributed by atoms with E-state index in [1.165, 1.54) is 16.8 Å². The smallest absolute Gasteiger partial charge is 0.274 e. The number of benzene rings is 1. The van der Waals surface area contributed by atoms with Gasteiger partial charge in [0.25, 0.3) is 11.8 Å². The molecule has 0 fully saturated rings. The number of nitrogens with zero attached hydrogens (tertiary/aromatic N) is 2. The molecule has 1 atom stereocenters. The van der Waals surface area contributed by atoms with Gasteiger partial charge in [-0.25, -0.2) is 4.39 Å². The van der Waals surface area contributed by atoms with E-state index in [2.05, 4.69) is 5.32 Å². The summed E-state index contributed by atoms with van der Waals surface area (Å²) >= 11 is 0. The van der Waals surface area contributed by atoms with Crippen molar-refractivity contribution in [2.24, 2.45) is 0 Å². The van der Waals surface area contributed by atoms with Crippen LogP contribution >= 0.6 is 0 Å². The monoisotopic (exact) mass is 411 g/mol. The van der Waals surface area contributed by atoms with Crippen molar-refractivity contribution < 1.29 is 19.1 Å². The van der Waals surface area contributed by atoms with E-state index in [1.807, 2.05) is 19.1 Å². The first-order chi connectivity index (χ1) is 14.2. The second-order valence-corrected chi connectivity index (χ2v) is 8.07. The summed E-state index contributed by atoms with van der Waals surface area (Å²) in [7, 11) is 0. The highest BCUT2D eigenvalue weighted by atomic mass is 19.1. The van der Waals surface area contributed by atoms with Gasteiger partial charge >= 0.3 is 0 Å². The molecule has 2 amide bonds. The zero-order chi connectivity index (χ0) is 21.6. The third kappa shape index (κ3) is 3.18. The Balaban J connectivity index is 1.71. The Morgan fingerprint density at radius 3 is 2.80 bits per heavy atom. The average Bonchev–Trinajstić information content (AvgIpc) is 2.88. The fourth-order valence-corrected chi connectivity index (χ4v) is 4.02. The van der Waals surface area contributed by atoms with Crippen LogP contribution in [0.5, 0.6) is 5.75 Å². The number of aromatic hydroxyl groups is 1. The number of aromatic nitrogens is 1. The second-order valence-electron chi connectivity index (χ2n) is 8.07. The molecule has 4 rings (SSSR count). The van der Waals surface area contributed by atoms with Crippen LogP contribution in [-0.2, 0) is 12.1 Å². The minimum absolute atomic E-state index is 0.111. The van der Waals surface area contributed by atoms with Crippen molar-refractivity contribution in [1.82, 2.24) is 14.8 Å². The van der Waals surface area contributed by atoms with E-state index in [-0.39, 0.29) is 23.4 Å². The maximum atomic E-state index is 14.0. The molecule has 0 spiro atoms. The highest BCUT2D eigenvalue weighted by Crippen LogP contribution is 2.34. The molecule has 0 aliphatic carbocycles. The standard InChI is InChI=1S/C22H22FN3O4/c1-13-5-6-14(16(23)9-13)10-24-20(29)15-11-26-17(19(28)18(15)27)21(30)25-8-4-3-7-22(26,2)12-25/h3-6,9,11,28H,7-8,10,12H2,1-2H3,(H,24,29). The number of nitrogens with one attached hydrogen (secondary N) is 1. The number of allylic oxidation sites excluding steroid dienone is 1. The molecule has 8 heteroatoms. The van der Waals surface area contributed by atoms with Crippen molar-refractivity contribution in [2.45, 2.75) is 32.4 Å². The van der Waals surface area contributed by atoms with Gasteiger partial charge in [-0.1, -0.05) is 24.3 Å². The summed E-state index contributed by atoms with van der Waals surface area (Å²) in [6, 6.07) is 4.65. The van der Waals surface area contributed by atoms with Gasteiger partial charge in [0.15, 0.2) is 11.4 Å². The normalized spacial score (nSPS) is 20.0. The summed E-state index contributed by atoms with van der Waals surface area (Å²) in [5.41, 5.74) is -0.904. The maximum Gasteiger partial charge on any atom is 0.274 e. The molecular weight excluding hydrogens is 389 g/mol.